The SMILES string of the molecule is CC[C@H](NC(=O)c1cc[nH]c1C)[C@@H](O)c1ccc(C(F)(F)F)cc1. The maximum absolute atomic E-state index is 12.6. The topological polar surface area (TPSA) is 65.1 Å². The van der Waals surface area contributed by atoms with Gasteiger partial charge in [-0.05, 0) is 37.1 Å². The molecule has 0 aliphatic heterocycles. The maximum atomic E-state index is 12.6. The second-order valence-electron chi connectivity index (χ2n) is 5.57. The molecule has 3 N–H and O–H groups in total. The van der Waals surface area contributed by atoms with Crippen LogP contribution in [0.15, 0.2) is 36.5 Å². The first kappa shape index (κ1) is 18.1. The number of carbonyl (C=O) groups excluding carboxylic acids is 1. The number of aliphatic hydroxyl groups excluding tert-OH is 1. The van der Waals surface area contributed by atoms with E-state index in [0.717, 1.165) is 12.1 Å². The number of rotatable bonds is 5. The van der Waals surface area contributed by atoms with Crippen molar-refractivity contribution in [1.29, 1.82) is 0 Å². The average Bonchev–Trinajstić information content (AvgIpc) is 2.97. The van der Waals surface area contributed by atoms with Gasteiger partial charge in [0.05, 0.1) is 23.3 Å². The van der Waals surface area contributed by atoms with Crippen molar-refractivity contribution < 1.29 is 23.1 Å². The number of carbonyl (C=O) groups is 1. The zero-order chi connectivity index (χ0) is 17.9. The van der Waals surface area contributed by atoms with Crippen LogP contribution in [0.5, 0.6) is 0 Å². The zero-order valence-corrected chi connectivity index (χ0v) is 13.3. The molecule has 0 radical (unpaired) electrons. The highest BCUT2D eigenvalue weighted by Crippen LogP contribution is 2.30. The van der Waals surface area contributed by atoms with Gasteiger partial charge in [-0.3, -0.25) is 4.79 Å². The van der Waals surface area contributed by atoms with Gasteiger partial charge in [-0.15, -0.1) is 0 Å². The third-order valence-electron chi connectivity index (χ3n) is 3.92. The van der Waals surface area contributed by atoms with Crippen LogP contribution in [0.3, 0.4) is 0 Å². The van der Waals surface area contributed by atoms with E-state index in [-0.39, 0.29) is 5.91 Å². The molecular weight excluding hydrogens is 321 g/mol. The number of hydrogen-bond acceptors (Lipinski definition) is 2. The molecule has 0 bridgehead atoms. The molecule has 0 saturated carbocycles. The molecule has 1 aromatic heterocycles. The van der Waals surface area contributed by atoms with Gasteiger partial charge in [0.15, 0.2) is 0 Å². The standard InChI is InChI=1S/C17H19F3N2O2/c1-3-14(22-16(24)13-8-9-21-10(13)2)15(23)11-4-6-12(7-5-11)17(18,19)20/h4-9,14-15,21,23H,3H2,1-2H3,(H,22,24)/t14-,15-/m0/s1. The monoisotopic (exact) mass is 340 g/mol. The first-order valence-electron chi connectivity index (χ1n) is 7.54. The summed E-state index contributed by atoms with van der Waals surface area (Å²) < 4.78 is 37.8. The van der Waals surface area contributed by atoms with Crippen molar-refractivity contribution in [1.82, 2.24) is 10.3 Å². The molecule has 0 saturated heterocycles. The minimum Gasteiger partial charge on any atom is -0.386 e. The van der Waals surface area contributed by atoms with Gasteiger partial charge in [0.2, 0.25) is 0 Å². The second-order valence-corrected chi connectivity index (χ2v) is 5.57. The molecule has 24 heavy (non-hydrogen) atoms. The van der Waals surface area contributed by atoms with Gasteiger partial charge in [-0.2, -0.15) is 13.2 Å². The number of hydrogen-bond donors (Lipinski definition) is 3. The number of H-pyrrole nitrogens is 1. The Bertz CT molecular complexity index is 693. The number of aryl methyl sites for hydroxylation is 1. The number of halogens is 3. The van der Waals surface area contributed by atoms with E-state index < -0.39 is 23.9 Å². The van der Waals surface area contributed by atoms with Crippen LogP contribution in [0, 0.1) is 6.92 Å². The van der Waals surface area contributed by atoms with Crippen LogP contribution < -0.4 is 5.32 Å². The number of aliphatic hydroxyl groups is 1. The quantitative estimate of drug-likeness (QED) is 0.779. The van der Waals surface area contributed by atoms with E-state index in [9.17, 15) is 23.1 Å². The zero-order valence-electron chi connectivity index (χ0n) is 13.3. The van der Waals surface area contributed by atoms with E-state index in [1.165, 1.54) is 12.1 Å². The molecule has 0 aliphatic rings. The van der Waals surface area contributed by atoms with Crippen molar-refractivity contribution in [2.45, 2.75) is 38.6 Å². The molecule has 2 rings (SSSR count). The van der Waals surface area contributed by atoms with Gasteiger partial charge in [0.25, 0.3) is 5.91 Å². The van der Waals surface area contributed by atoms with E-state index >= 15 is 0 Å². The van der Waals surface area contributed by atoms with E-state index in [1.807, 2.05) is 0 Å². The Hall–Kier alpha value is -2.28. The Morgan fingerprint density at radius 2 is 1.88 bits per heavy atom. The lowest BCUT2D eigenvalue weighted by Crippen LogP contribution is -2.39. The predicted octanol–water partition coefficient (Wildman–Crippen LogP) is 3.58. The average molecular weight is 340 g/mol. The first-order valence-corrected chi connectivity index (χ1v) is 7.54. The molecule has 1 aromatic carbocycles. The van der Waals surface area contributed by atoms with Gasteiger partial charge >= 0.3 is 6.18 Å². The summed E-state index contributed by atoms with van der Waals surface area (Å²) in [5, 5.41) is 13.1. The Labute approximate surface area is 137 Å². The highest BCUT2D eigenvalue weighted by Gasteiger charge is 2.30. The number of nitrogens with one attached hydrogen (secondary N) is 2. The van der Waals surface area contributed by atoms with E-state index in [2.05, 4.69) is 10.3 Å². The molecule has 0 aliphatic carbocycles. The minimum atomic E-state index is -4.42. The fraction of sp³-hybridized carbons (Fsp3) is 0.353. The molecule has 7 heteroatoms. The molecule has 2 aromatic rings. The Balaban J connectivity index is 2.12. The Morgan fingerprint density at radius 3 is 2.33 bits per heavy atom. The summed E-state index contributed by atoms with van der Waals surface area (Å²) in [4.78, 5) is 15.1. The summed E-state index contributed by atoms with van der Waals surface area (Å²) in [5.41, 5.74) is 0.707. The van der Waals surface area contributed by atoms with Crippen molar-refractivity contribution in [3.8, 4) is 0 Å². The van der Waals surface area contributed by atoms with Gasteiger partial charge in [-0.25, -0.2) is 0 Å². The van der Waals surface area contributed by atoms with E-state index in [1.54, 1.807) is 26.1 Å². The van der Waals surface area contributed by atoms with E-state index in [0.29, 0.717) is 23.2 Å². The van der Waals surface area contributed by atoms with Crippen LogP contribution in [-0.2, 0) is 6.18 Å². The van der Waals surface area contributed by atoms with Gasteiger partial charge in [-0.1, -0.05) is 19.1 Å². The maximum Gasteiger partial charge on any atom is 0.416 e. The van der Waals surface area contributed by atoms with Crippen LogP contribution >= 0.6 is 0 Å². The molecule has 1 heterocycles. The van der Waals surface area contributed by atoms with E-state index in [4.69, 9.17) is 0 Å². The molecular formula is C17H19F3N2O2. The Kier molecular flexibility index (Phi) is 5.33. The minimum absolute atomic E-state index is 0.320. The predicted molar refractivity (Wildman–Crippen MR) is 83.5 cm³/mol. The first-order chi connectivity index (χ1) is 11.2. The summed E-state index contributed by atoms with van der Waals surface area (Å²) in [7, 11) is 0. The van der Waals surface area contributed by atoms with Gasteiger partial charge in [0.1, 0.15) is 0 Å². The summed E-state index contributed by atoms with van der Waals surface area (Å²) in [6.45, 7) is 3.53. The lowest BCUT2D eigenvalue weighted by atomic mass is 9.98. The molecule has 0 fully saturated rings. The highest BCUT2D eigenvalue weighted by molar-refractivity contribution is 5.95. The smallest absolute Gasteiger partial charge is 0.386 e. The van der Waals surface area contributed by atoms with Crippen molar-refractivity contribution >= 4 is 5.91 Å². The van der Waals surface area contributed by atoms with Crippen LogP contribution in [-0.4, -0.2) is 22.0 Å². The van der Waals surface area contributed by atoms with Crippen LogP contribution in [0.4, 0.5) is 13.2 Å². The third-order valence-corrected chi connectivity index (χ3v) is 3.92. The fourth-order valence-corrected chi connectivity index (χ4v) is 2.45. The van der Waals surface area contributed by atoms with Crippen LogP contribution in [0.2, 0.25) is 0 Å². The number of amides is 1. The molecule has 130 valence electrons. The van der Waals surface area contributed by atoms with Crippen molar-refractivity contribution in [3.63, 3.8) is 0 Å². The third kappa shape index (κ3) is 3.97. The van der Waals surface area contributed by atoms with Gasteiger partial charge < -0.3 is 15.4 Å². The Morgan fingerprint density at radius 1 is 1.25 bits per heavy atom. The van der Waals surface area contributed by atoms with Crippen molar-refractivity contribution in [3.05, 3.63) is 58.9 Å². The summed E-state index contributed by atoms with van der Waals surface area (Å²) >= 11 is 0. The number of aromatic amines is 1. The summed E-state index contributed by atoms with van der Waals surface area (Å²) in [6.07, 6.45) is -3.46. The highest BCUT2D eigenvalue weighted by atomic mass is 19.4. The summed E-state index contributed by atoms with van der Waals surface area (Å²) in [6, 6.07) is 5.31. The van der Waals surface area contributed by atoms with Crippen molar-refractivity contribution in [2.75, 3.05) is 0 Å². The lowest BCUT2D eigenvalue weighted by molar-refractivity contribution is -0.137. The number of benzene rings is 1. The molecule has 1 amide bonds. The molecule has 2 atom stereocenters. The fourth-order valence-electron chi connectivity index (χ4n) is 2.45. The molecule has 0 unspecified atom stereocenters. The number of alkyl halides is 3. The van der Waals surface area contributed by atoms with Crippen LogP contribution in [0.25, 0.3) is 0 Å². The molecule has 0 spiro atoms. The normalized spacial score (nSPS) is 14.2. The largest absolute Gasteiger partial charge is 0.416 e. The second kappa shape index (κ2) is 7.09. The number of aromatic nitrogens is 1. The lowest BCUT2D eigenvalue weighted by Gasteiger charge is -2.23. The molecule has 4 nitrogen and oxygen atoms in total. The summed E-state index contributed by atoms with van der Waals surface area (Å²) in [5.74, 6) is -0.341. The van der Waals surface area contributed by atoms with Gasteiger partial charge in [0, 0.05) is 11.9 Å². The van der Waals surface area contributed by atoms with Crippen molar-refractivity contribution in [2.24, 2.45) is 0 Å². The van der Waals surface area contributed by atoms with Crippen LogP contribution in [0.1, 0.15) is 46.6 Å².